The van der Waals surface area contributed by atoms with Crippen molar-refractivity contribution in [3.05, 3.63) is 63.3 Å². The van der Waals surface area contributed by atoms with Crippen LogP contribution in [0.2, 0.25) is 0 Å². The topological polar surface area (TPSA) is 76.3 Å². The molecule has 0 aliphatic rings. The van der Waals surface area contributed by atoms with E-state index in [1.165, 1.54) is 22.2 Å². The van der Waals surface area contributed by atoms with Crippen LogP contribution in [0, 0.1) is 0 Å². The minimum absolute atomic E-state index is 0.127. The standard InChI is InChI=1S/C15H12N4O2S/c20-14(18-17-8-11-4-3-7-22-11)9-19-10-16-13-6-2-1-5-12(13)15(19)21/h1-8,10H,9H2,(H,18,20)/b17-8+. The molecule has 0 aliphatic heterocycles. The van der Waals surface area contributed by atoms with Crippen LogP contribution >= 0.6 is 11.3 Å². The van der Waals surface area contributed by atoms with Crippen LogP contribution in [0.15, 0.2) is 58.0 Å². The second kappa shape index (κ2) is 6.31. The maximum absolute atomic E-state index is 12.2. The van der Waals surface area contributed by atoms with E-state index in [1.54, 1.807) is 24.4 Å². The predicted octanol–water partition coefficient (Wildman–Crippen LogP) is 1.61. The van der Waals surface area contributed by atoms with E-state index in [4.69, 9.17) is 0 Å². The fourth-order valence-corrected chi connectivity index (χ4v) is 2.53. The van der Waals surface area contributed by atoms with E-state index in [0.29, 0.717) is 10.9 Å². The van der Waals surface area contributed by atoms with Crippen molar-refractivity contribution in [2.24, 2.45) is 5.10 Å². The highest BCUT2D eigenvalue weighted by atomic mass is 32.1. The number of amides is 1. The van der Waals surface area contributed by atoms with E-state index >= 15 is 0 Å². The molecule has 0 fully saturated rings. The van der Waals surface area contributed by atoms with Crippen molar-refractivity contribution < 1.29 is 4.79 Å². The van der Waals surface area contributed by atoms with Crippen LogP contribution in [0.4, 0.5) is 0 Å². The molecule has 0 radical (unpaired) electrons. The summed E-state index contributed by atoms with van der Waals surface area (Å²) in [5.74, 6) is -0.382. The zero-order chi connectivity index (χ0) is 15.4. The summed E-state index contributed by atoms with van der Waals surface area (Å²) in [5.41, 5.74) is 2.76. The molecule has 3 rings (SSSR count). The smallest absolute Gasteiger partial charge is 0.261 e. The molecule has 1 aromatic carbocycles. The van der Waals surface area contributed by atoms with Crippen molar-refractivity contribution in [3.63, 3.8) is 0 Å². The molecule has 0 atom stereocenters. The van der Waals surface area contributed by atoms with E-state index in [-0.39, 0.29) is 18.0 Å². The molecule has 1 N–H and O–H groups in total. The highest BCUT2D eigenvalue weighted by Crippen LogP contribution is 2.05. The zero-order valence-electron chi connectivity index (χ0n) is 11.5. The summed E-state index contributed by atoms with van der Waals surface area (Å²) in [6.07, 6.45) is 2.93. The van der Waals surface area contributed by atoms with Crippen LogP contribution in [-0.2, 0) is 11.3 Å². The van der Waals surface area contributed by atoms with E-state index in [1.807, 2.05) is 23.6 Å². The minimum atomic E-state index is -0.382. The molecule has 0 saturated carbocycles. The fraction of sp³-hybridized carbons (Fsp3) is 0.0667. The summed E-state index contributed by atoms with van der Waals surface area (Å²) >= 11 is 1.52. The summed E-state index contributed by atoms with van der Waals surface area (Å²) in [4.78, 5) is 29.1. The van der Waals surface area contributed by atoms with Gasteiger partial charge in [0, 0.05) is 4.88 Å². The van der Waals surface area contributed by atoms with Crippen molar-refractivity contribution in [1.29, 1.82) is 0 Å². The Balaban J connectivity index is 1.71. The molecule has 6 nitrogen and oxygen atoms in total. The Bertz CT molecular complexity index is 884. The van der Waals surface area contributed by atoms with Gasteiger partial charge >= 0.3 is 0 Å². The molecule has 0 unspecified atom stereocenters. The van der Waals surface area contributed by atoms with Gasteiger partial charge in [0.05, 0.1) is 23.4 Å². The fourth-order valence-electron chi connectivity index (χ4n) is 1.94. The summed E-state index contributed by atoms with van der Waals surface area (Å²) in [6, 6.07) is 10.8. The average molecular weight is 312 g/mol. The van der Waals surface area contributed by atoms with Crippen LogP contribution in [0.5, 0.6) is 0 Å². The SMILES string of the molecule is O=C(Cn1cnc2ccccc2c1=O)N/N=C/c1cccs1. The van der Waals surface area contributed by atoms with Crippen LogP contribution in [0.25, 0.3) is 10.9 Å². The first-order chi connectivity index (χ1) is 10.7. The number of rotatable bonds is 4. The number of fused-ring (bicyclic) bond motifs is 1. The number of para-hydroxylation sites is 1. The monoisotopic (exact) mass is 312 g/mol. The Morgan fingerprint density at radius 3 is 3.00 bits per heavy atom. The van der Waals surface area contributed by atoms with Crippen molar-refractivity contribution in [2.75, 3.05) is 0 Å². The van der Waals surface area contributed by atoms with Crippen molar-refractivity contribution in [1.82, 2.24) is 15.0 Å². The van der Waals surface area contributed by atoms with Crippen LogP contribution in [0.3, 0.4) is 0 Å². The molecular formula is C15H12N4O2S. The van der Waals surface area contributed by atoms with Crippen LogP contribution in [-0.4, -0.2) is 21.7 Å². The third kappa shape index (κ3) is 3.09. The Labute approximate surface area is 129 Å². The number of hydrogen-bond donors (Lipinski definition) is 1. The minimum Gasteiger partial charge on any atom is -0.289 e. The number of nitrogens with one attached hydrogen (secondary N) is 1. The Kier molecular flexibility index (Phi) is 4.06. The molecule has 110 valence electrons. The summed E-state index contributed by atoms with van der Waals surface area (Å²) < 4.78 is 1.26. The molecule has 0 aliphatic carbocycles. The van der Waals surface area contributed by atoms with Gasteiger partial charge in [-0.25, -0.2) is 10.4 Å². The van der Waals surface area contributed by atoms with Gasteiger partial charge in [0.1, 0.15) is 6.54 Å². The van der Waals surface area contributed by atoms with Crippen molar-refractivity contribution >= 4 is 34.4 Å². The number of nitrogens with zero attached hydrogens (tertiary/aromatic N) is 3. The molecule has 2 aromatic heterocycles. The number of hydrogen-bond acceptors (Lipinski definition) is 5. The normalized spacial score (nSPS) is 11.1. The first-order valence-corrected chi connectivity index (χ1v) is 7.41. The van der Waals surface area contributed by atoms with E-state index in [2.05, 4.69) is 15.5 Å². The van der Waals surface area contributed by atoms with Gasteiger partial charge in [-0.05, 0) is 23.6 Å². The second-order valence-corrected chi connectivity index (χ2v) is 5.48. The molecule has 3 aromatic rings. The number of carbonyl (C=O) groups is 1. The van der Waals surface area contributed by atoms with Gasteiger partial charge in [0.2, 0.25) is 0 Å². The molecule has 0 saturated heterocycles. The van der Waals surface area contributed by atoms with Crippen molar-refractivity contribution in [2.45, 2.75) is 6.54 Å². The number of aromatic nitrogens is 2. The summed E-state index contributed by atoms with van der Waals surface area (Å²) in [5, 5.41) is 6.26. The van der Waals surface area contributed by atoms with Gasteiger partial charge in [-0.2, -0.15) is 5.10 Å². The van der Waals surface area contributed by atoms with Gasteiger partial charge in [-0.3, -0.25) is 14.2 Å². The zero-order valence-corrected chi connectivity index (χ0v) is 12.3. The lowest BCUT2D eigenvalue weighted by Gasteiger charge is -2.05. The lowest BCUT2D eigenvalue weighted by atomic mass is 10.2. The Morgan fingerprint density at radius 2 is 2.18 bits per heavy atom. The van der Waals surface area contributed by atoms with Crippen molar-refractivity contribution in [3.8, 4) is 0 Å². The number of benzene rings is 1. The molecule has 1 amide bonds. The summed E-state index contributed by atoms with van der Waals surface area (Å²) in [6.45, 7) is -0.127. The lowest BCUT2D eigenvalue weighted by molar-refractivity contribution is -0.121. The molecule has 0 spiro atoms. The van der Waals surface area contributed by atoms with Gasteiger partial charge in [0.15, 0.2) is 0 Å². The lowest BCUT2D eigenvalue weighted by Crippen LogP contribution is -2.30. The Hall–Kier alpha value is -2.80. The van der Waals surface area contributed by atoms with E-state index < -0.39 is 0 Å². The second-order valence-electron chi connectivity index (χ2n) is 4.50. The molecular weight excluding hydrogens is 300 g/mol. The summed E-state index contributed by atoms with van der Waals surface area (Å²) in [7, 11) is 0. The molecule has 0 bridgehead atoms. The van der Waals surface area contributed by atoms with Gasteiger partial charge in [-0.15, -0.1) is 11.3 Å². The quantitative estimate of drug-likeness (QED) is 0.587. The van der Waals surface area contributed by atoms with E-state index in [0.717, 1.165) is 4.88 Å². The maximum Gasteiger partial charge on any atom is 0.261 e. The number of hydrazone groups is 1. The van der Waals surface area contributed by atoms with Crippen LogP contribution in [0.1, 0.15) is 4.88 Å². The van der Waals surface area contributed by atoms with Crippen LogP contribution < -0.4 is 11.0 Å². The average Bonchev–Trinajstić information content (AvgIpc) is 3.04. The highest BCUT2D eigenvalue weighted by molar-refractivity contribution is 7.11. The van der Waals surface area contributed by atoms with E-state index in [9.17, 15) is 9.59 Å². The highest BCUT2D eigenvalue weighted by Gasteiger charge is 2.07. The molecule has 2 heterocycles. The molecule has 22 heavy (non-hydrogen) atoms. The Morgan fingerprint density at radius 1 is 1.32 bits per heavy atom. The third-order valence-corrected chi connectivity index (χ3v) is 3.78. The number of carbonyl (C=O) groups excluding carboxylic acids is 1. The predicted molar refractivity (Wildman–Crippen MR) is 86.1 cm³/mol. The van der Waals surface area contributed by atoms with Gasteiger partial charge in [-0.1, -0.05) is 18.2 Å². The largest absolute Gasteiger partial charge is 0.289 e. The first kappa shape index (κ1) is 14.2. The van der Waals surface area contributed by atoms with Gasteiger partial charge in [0.25, 0.3) is 11.5 Å². The first-order valence-electron chi connectivity index (χ1n) is 6.53. The molecule has 7 heteroatoms. The third-order valence-electron chi connectivity index (χ3n) is 2.97. The van der Waals surface area contributed by atoms with Gasteiger partial charge < -0.3 is 0 Å². The number of thiophene rings is 1. The maximum atomic E-state index is 12.2.